The van der Waals surface area contributed by atoms with Crippen molar-refractivity contribution in [2.75, 3.05) is 0 Å². The van der Waals surface area contributed by atoms with E-state index in [1.165, 1.54) is 86.9 Å². The fourth-order valence-electron chi connectivity index (χ4n) is 18.8. The minimum atomic E-state index is 0.654. The standard InChI is InChI=1S/C48H30N4.C43H27N3.C34H20N6/c1-2-4-36-26-45-27-42(16-13-39(45)23-35(36)3-1)48-51-46(33-9-5-31(6-10-33)37-14-17-43-29-49-21-19-40(43)24-37)28-47(52-48)34-11-7-32(8-12-34)38-15-18-44-30-50-22-20-41(44)25-38;1-2-4-31-22-40-23-32(9-10-33(40)19-30(31)3-1)28-5-7-29(8-6-28)41-24-42(36-11-13-38-26-44-17-15-34(38)20-36)46-43(25-41)37-12-14-39-27-45-18-16-35(39)21-37;1-2-4-22-16-27-17-26(6-5-23(27)15-21(22)3-1)34-39-30(24-7-9-28-32(18-24)37-13-11-35-28)20-31(40-34)25-8-10-29-33(19-25)38-14-12-36-29/h1-30H;1-27H;1-20H. The SMILES string of the molecule is c1ccc2cc3cc(-c4ccc(-c5cc(-c6ccc7cnccc7c6)nc(-c6ccc7cnccc7c6)c5)cc4)ccc3cc2c1.c1ccc2cc3cc(-c4nc(-c5ccc(-c6ccc7cnccc7c6)cc5)cc(-c5ccc(-c6ccc7cnccc7c6)cc5)n4)ccc3cc2c1.c1ccc2cc3cc(-c4nc(-c5ccc6nccnc6c5)cc(-c5ccc6nccnc6c5)n4)ccc3cc2c1. The Kier molecular flexibility index (Phi) is 20.6. The third-order valence-corrected chi connectivity index (χ3v) is 26.2. The molecule has 0 aliphatic carbocycles. The maximum atomic E-state index is 5.20. The molecule has 0 radical (unpaired) electrons. The van der Waals surface area contributed by atoms with E-state index >= 15 is 0 Å². The van der Waals surface area contributed by atoms with Crippen LogP contribution in [0.4, 0.5) is 0 Å². The highest BCUT2D eigenvalue weighted by Gasteiger charge is 2.19. The van der Waals surface area contributed by atoms with Gasteiger partial charge in [0.15, 0.2) is 11.6 Å². The molecule has 27 rings (SSSR count). The van der Waals surface area contributed by atoms with Gasteiger partial charge < -0.3 is 0 Å². The van der Waals surface area contributed by atoms with Gasteiger partial charge >= 0.3 is 0 Å². The minimum absolute atomic E-state index is 0.654. The van der Waals surface area contributed by atoms with Crippen LogP contribution in [0.5, 0.6) is 0 Å². The number of benzene rings is 18. The molecule has 0 atom stereocenters. The molecule has 0 fully saturated rings. The molecule has 0 spiro atoms. The highest BCUT2D eigenvalue weighted by Crippen LogP contribution is 2.41. The number of hydrogen-bond acceptors (Lipinski definition) is 13. The first-order chi connectivity index (χ1) is 68.2. The van der Waals surface area contributed by atoms with Crippen molar-refractivity contribution in [3.05, 3.63) is 469 Å². The molecule has 0 N–H and O–H groups in total. The Bertz CT molecular complexity index is 9170. The molecule has 9 heterocycles. The second-order valence-corrected chi connectivity index (χ2v) is 34.8. The highest BCUT2D eigenvalue weighted by atomic mass is 14.9. The van der Waals surface area contributed by atoms with Gasteiger partial charge in [0, 0.05) is 140 Å². The van der Waals surface area contributed by atoms with Crippen LogP contribution in [0, 0.1) is 0 Å². The number of hydrogen-bond donors (Lipinski definition) is 0. The third kappa shape index (κ3) is 16.3. The molecule has 642 valence electrons. The van der Waals surface area contributed by atoms with E-state index in [2.05, 4.69) is 392 Å². The van der Waals surface area contributed by atoms with E-state index in [1.54, 1.807) is 24.8 Å². The topological polar surface area (TPSA) is 168 Å². The molecule has 0 unspecified atom stereocenters. The first kappa shape index (κ1) is 81.2. The van der Waals surface area contributed by atoms with Crippen LogP contribution < -0.4 is 0 Å². The van der Waals surface area contributed by atoms with E-state index in [9.17, 15) is 0 Å². The fourth-order valence-corrected chi connectivity index (χ4v) is 18.8. The van der Waals surface area contributed by atoms with E-state index in [0.29, 0.717) is 11.6 Å². The summed E-state index contributed by atoms with van der Waals surface area (Å²) in [6.07, 6.45) is 21.8. The van der Waals surface area contributed by atoms with Crippen LogP contribution in [-0.2, 0) is 0 Å². The zero-order chi connectivity index (χ0) is 91.4. The van der Waals surface area contributed by atoms with E-state index in [4.69, 9.17) is 24.9 Å². The van der Waals surface area contributed by atoms with Gasteiger partial charge in [0.25, 0.3) is 0 Å². The van der Waals surface area contributed by atoms with Gasteiger partial charge in [0.2, 0.25) is 0 Å². The molecule has 9 aromatic heterocycles. The average Bonchev–Trinajstić information content (AvgIpc) is 0.773. The zero-order valence-electron chi connectivity index (χ0n) is 74.3. The maximum Gasteiger partial charge on any atom is 0.160 e. The molecule has 138 heavy (non-hydrogen) atoms. The zero-order valence-corrected chi connectivity index (χ0v) is 74.3. The summed E-state index contributed by atoms with van der Waals surface area (Å²) in [5, 5.41) is 23.7. The average molecular weight is 1760 g/mol. The van der Waals surface area contributed by atoms with Crippen LogP contribution in [0.25, 0.3) is 265 Å². The molecular weight excluding hydrogens is 1680 g/mol. The van der Waals surface area contributed by atoms with E-state index in [0.717, 1.165) is 166 Å². The lowest BCUT2D eigenvalue weighted by atomic mass is 9.95. The Labute approximate surface area is 792 Å². The molecule has 13 heteroatoms. The predicted molar refractivity (Wildman–Crippen MR) is 566 cm³/mol. The van der Waals surface area contributed by atoms with Crippen LogP contribution in [0.1, 0.15) is 0 Å². The Hall–Kier alpha value is -18.9. The Balaban J connectivity index is 0.000000111. The van der Waals surface area contributed by atoms with E-state index < -0.39 is 0 Å². The van der Waals surface area contributed by atoms with Crippen LogP contribution in [0.15, 0.2) is 469 Å². The number of nitrogens with zero attached hydrogens (tertiary/aromatic N) is 13. The van der Waals surface area contributed by atoms with Gasteiger partial charge in [-0.15, -0.1) is 0 Å². The highest BCUT2D eigenvalue weighted by molar-refractivity contribution is 6.04. The summed E-state index contributed by atoms with van der Waals surface area (Å²) in [5.74, 6) is 1.35. The first-order valence-electron chi connectivity index (χ1n) is 45.9. The third-order valence-electron chi connectivity index (χ3n) is 26.2. The first-order valence-corrected chi connectivity index (χ1v) is 45.9. The lowest BCUT2D eigenvalue weighted by Crippen LogP contribution is -1.97. The molecule has 27 aromatic rings. The van der Waals surface area contributed by atoms with Crippen LogP contribution in [0.2, 0.25) is 0 Å². The maximum absolute atomic E-state index is 5.20. The predicted octanol–water partition coefficient (Wildman–Crippen LogP) is 31.0. The quantitative estimate of drug-likeness (QED) is 0.106. The lowest BCUT2D eigenvalue weighted by Gasteiger charge is -2.12. The van der Waals surface area contributed by atoms with Gasteiger partial charge in [-0.05, 0) is 282 Å². The summed E-state index contributed by atoms with van der Waals surface area (Å²) in [6, 6.07) is 140. The Morgan fingerprint density at radius 2 is 0.341 bits per heavy atom. The van der Waals surface area contributed by atoms with Gasteiger partial charge in [0.05, 0.1) is 56.2 Å². The van der Waals surface area contributed by atoms with Crippen molar-refractivity contribution in [2.24, 2.45) is 0 Å². The van der Waals surface area contributed by atoms with Crippen molar-refractivity contribution >= 4 is 130 Å². The van der Waals surface area contributed by atoms with Crippen molar-refractivity contribution in [3.8, 4) is 135 Å². The molecule has 0 saturated carbocycles. The smallest absolute Gasteiger partial charge is 0.160 e. The second-order valence-electron chi connectivity index (χ2n) is 34.8. The van der Waals surface area contributed by atoms with Crippen molar-refractivity contribution in [2.45, 2.75) is 0 Å². The fraction of sp³-hybridized carbons (Fsp3) is 0. The number of rotatable bonds is 12. The van der Waals surface area contributed by atoms with E-state index in [-0.39, 0.29) is 0 Å². The number of fused-ring (bicyclic) bond motifs is 12. The normalized spacial score (nSPS) is 11.5. The van der Waals surface area contributed by atoms with Crippen LogP contribution >= 0.6 is 0 Å². The molecule has 0 saturated heterocycles. The summed E-state index contributed by atoms with van der Waals surface area (Å²) >= 11 is 0. The molecule has 0 aliphatic rings. The summed E-state index contributed by atoms with van der Waals surface area (Å²) in [5.41, 5.74) is 25.9. The summed E-state index contributed by atoms with van der Waals surface area (Å²) in [7, 11) is 0. The van der Waals surface area contributed by atoms with E-state index in [1.807, 2.05) is 92.0 Å². The van der Waals surface area contributed by atoms with Crippen LogP contribution in [0.3, 0.4) is 0 Å². The Morgan fingerprint density at radius 3 is 0.688 bits per heavy atom. The lowest BCUT2D eigenvalue weighted by molar-refractivity contribution is 1.18. The number of pyridine rings is 5. The van der Waals surface area contributed by atoms with Gasteiger partial charge in [0.1, 0.15) is 0 Å². The molecule has 18 aromatic carbocycles. The van der Waals surface area contributed by atoms with Crippen molar-refractivity contribution in [1.29, 1.82) is 0 Å². The van der Waals surface area contributed by atoms with Gasteiger partial charge in [-0.3, -0.25) is 39.9 Å². The van der Waals surface area contributed by atoms with Gasteiger partial charge in [-0.25, -0.2) is 24.9 Å². The monoisotopic (exact) mass is 1760 g/mol. The summed E-state index contributed by atoms with van der Waals surface area (Å²) in [6.45, 7) is 0. The number of aromatic nitrogens is 13. The Morgan fingerprint density at radius 1 is 0.116 bits per heavy atom. The van der Waals surface area contributed by atoms with Crippen molar-refractivity contribution < 1.29 is 0 Å². The largest absolute Gasteiger partial charge is 0.264 e. The second kappa shape index (κ2) is 35.0. The molecule has 0 bridgehead atoms. The van der Waals surface area contributed by atoms with Gasteiger partial charge in [-0.1, -0.05) is 243 Å². The summed E-state index contributed by atoms with van der Waals surface area (Å²) in [4.78, 5) is 60.6. The minimum Gasteiger partial charge on any atom is -0.264 e. The molecule has 0 amide bonds. The summed E-state index contributed by atoms with van der Waals surface area (Å²) < 4.78 is 0. The van der Waals surface area contributed by atoms with Crippen molar-refractivity contribution in [3.63, 3.8) is 0 Å². The van der Waals surface area contributed by atoms with Crippen LogP contribution in [-0.4, -0.2) is 64.8 Å². The van der Waals surface area contributed by atoms with Gasteiger partial charge in [-0.2, -0.15) is 0 Å². The molecular formula is C125H77N13. The van der Waals surface area contributed by atoms with Crippen molar-refractivity contribution in [1.82, 2.24) is 64.8 Å². The molecule has 0 aliphatic heterocycles. The molecule has 13 nitrogen and oxygen atoms in total.